The number of halogens is 4. The van der Waals surface area contributed by atoms with Crippen LogP contribution in [0.25, 0.3) is 5.69 Å². The third-order valence-electron chi connectivity index (χ3n) is 4.38. The molecule has 3 rings (SSSR count). The molecule has 158 valence electrons. The number of benzene rings is 1. The summed E-state index contributed by atoms with van der Waals surface area (Å²) in [4.78, 5) is 14.0. The SMILES string of the molecule is CS(=O)(=O)OC1CCN(C(=O)c2cnn(-c3ccc(Cl)cc3)c2C(F)(F)F)CC1. The number of alkyl halides is 3. The Hall–Kier alpha value is -2.11. The number of amides is 1. The van der Waals surface area contributed by atoms with E-state index >= 15 is 0 Å². The third-order valence-corrected chi connectivity index (χ3v) is 5.25. The molecule has 1 amide bonds. The van der Waals surface area contributed by atoms with Crippen LogP contribution in [0.3, 0.4) is 0 Å². The summed E-state index contributed by atoms with van der Waals surface area (Å²) in [6.07, 6.45) is -3.21. The van der Waals surface area contributed by atoms with Crippen molar-refractivity contribution in [3.8, 4) is 5.69 Å². The van der Waals surface area contributed by atoms with Gasteiger partial charge in [-0.25, -0.2) is 4.68 Å². The number of rotatable bonds is 4. The smallest absolute Gasteiger partial charge is 0.338 e. The number of nitrogens with zero attached hydrogens (tertiary/aromatic N) is 3. The minimum absolute atomic E-state index is 0.0719. The van der Waals surface area contributed by atoms with Gasteiger partial charge in [-0.05, 0) is 37.1 Å². The molecule has 0 N–H and O–H groups in total. The van der Waals surface area contributed by atoms with E-state index in [0.717, 1.165) is 12.5 Å². The van der Waals surface area contributed by atoms with E-state index in [-0.39, 0.29) is 31.6 Å². The zero-order chi connectivity index (χ0) is 21.4. The molecule has 2 aromatic rings. The van der Waals surface area contributed by atoms with Gasteiger partial charge in [0, 0.05) is 18.1 Å². The van der Waals surface area contributed by atoms with Gasteiger partial charge in [0.15, 0.2) is 5.69 Å². The Morgan fingerprint density at radius 3 is 2.31 bits per heavy atom. The van der Waals surface area contributed by atoms with Crippen LogP contribution in [0.15, 0.2) is 30.5 Å². The van der Waals surface area contributed by atoms with Crippen LogP contribution in [0.2, 0.25) is 5.02 Å². The molecule has 0 atom stereocenters. The number of likely N-dealkylation sites (tertiary alicyclic amines) is 1. The number of carbonyl (C=O) groups is 1. The Morgan fingerprint density at radius 1 is 1.21 bits per heavy atom. The van der Waals surface area contributed by atoms with Gasteiger partial charge in [0.1, 0.15) is 0 Å². The minimum Gasteiger partial charge on any atom is -0.338 e. The summed E-state index contributed by atoms with van der Waals surface area (Å²) in [7, 11) is -3.65. The summed E-state index contributed by atoms with van der Waals surface area (Å²) in [5, 5.41) is 4.12. The van der Waals surface area contributed by atoms with E-state index in [9.17, 15) is 26.4 Å². The first-order valence-electron chi connectivity index (χ1n) is 8.54. The molecule has 29 heavy (non-hydrogen) atoms. The van der Waals surface area contributed by atoms with Gasteiger partial charge in [-0.2, -0.15) is 26.7 Å². The molecule has 0 aliphatic carbocycles. The van der Waals surface area contributed by atoms with Crippen LogP contribution in [0.5, 0.6) is 0 Å². The molecule has 2 heterocycles. The lowest BCUT2D eigenvalue weighted by atomic mass is 10.1. The fourth-order valence-electron chi connectivity index (χ4n) is 3.13. The second-order valence-corrected chi connectivity index (χ2v) is 8.62. The summed E-state index contributed by atoms with van der Waals surface area (Å²) in [6, 6.07) is 5.58. The van der Waals surface area contributed by atoms with E-state index in [1.807, 2.05) is 0 Å². The van der Waals surface area contributed by atoms with E-state index in [2.05, 4.69) is 5.10 Å². The van der Waals surface area contributed by atoms with E-state index in [1.165, 1.54) is 29.2 Å². The van der Waals surface area contributed by atoms with Crippen LogP contribution in [0, 0.1) is 0 Å². The lowest BCUT2D eigenvalue weighted by Crippen LogP contribution is -2.41. The molecule has 0 spiro atoms. The molecule has 0 unspecified atom stereocenters. The van der Waals surface area contributed by atoms with Gasteiger partial charge in [0.25, 0.3) is 16.0 Å². The maximum atomic E-state index is 13.7. The van der Waals surface area contributed by atoms with Crippen molar-refractivity contribution in [1.29, 1.82) is 0 Å². The zero-order valence-electron chi connectivity index (χ0n) is 15.2. The van der Waals surface area contributed by atoms with Crippen molar-refractivity contribution in [3.05, 3.63) is 46.7 Å². The average molecular weight is 452 g/mol. The lowest BCUT2D eigenvalue weighted by Gasteiger charge is -2.31. The fraction of sp³-hybridized carbons (Fsp3) is 0.412. The van der Waals surface area contributed by atoms with Crippen LogP contribution < -0.4 is 0 Å². The maximum absolute atomic E-state index is 13.7. The van der Waals surface area contributed by atoms with Gasteiger partial charge in [-0.1, -0.05) is 11.6 Å². The van der Waals surface area contributed by atoms with Gasteiger partial charge >= 0.3 is 6.18 Å². The molecule has 7 nitrogen and oxygen atoms in total. The van der Waals surface area contributed by atoms with Crippen molar-refractivity contribution in [2.45, 2.75) is 25.1 Å². The Morgan fingerprint density at radius 2 is 1.79 bits per heavy atom. The zero-order valence-corrected chi connectivity index (χ0v) is 16.8. The molecule has 1 fully saturated rings. The topological polar surface area (TPSA) is 81.5 Å². The molecule has 1 saturated heterocycles. The van der Waals surface area contributed by atoms with Crippen molar-refractivity contribution < 1.29 is 30.6 Å². The van der Waals surface area contributed by atoms with E-state index in [0.29, 0.717) is 9.70 Å². The second kappa shape index (κ2) is 7.96. The van der Waals surface area contributed by atoms with Crippen LogP contribution in [-0.2, 0) is 20.5 Å². The molecule has 1 aliphatic rings. The second-order valence-electron chi connectivity index (χ2n) is 6.58. The summed E-state index contributed by atoms with van der Waals surface area (Å²) in [5.41, 5.74) is -1.64. The first-order chi connectivity index (χ1) is 13.5. The van der Waals surface area contributed by atoms with E-state index in [1.54, 1.807) is 0 Å². The molecule has 0 radical (unpaired) electrons. The normalized spacial score (nSPS) is 16.2. The van der Waals surface area contributed by atoms with Crippen LogP contribution in [0.1, 0.15) is 28.9 Å². The first kappa shape index (κ1) is 21.6. The Bertz CT molecular complexity index is 998. The van der Waals surface area contributed by atoms with Crippen LogP contribution in [0.4, 0.5) is 13.2 Å². The molecule has 1 aromatic carbocycles. The Balaban J connectivity index is 1.85. The molecular formula is C17H17ClF3N3O4S. The standard InChI is InChI=1S/C17H17ClF3N3O4S/c1-29(26,27)28-13-6-8-23(9-7-13)16(25)14-10-22-24(15(14)17(19,20)21)12-4-2-11(18)3-5-12/h2-5,10,13H,6-9H2,1H3. The fourth-order valence-corrected chi connectivity index (χ4v) is 3.94. The van der Waals surface area contributed by atoms with Crippen molar-refractivity contribution in [2.24, 2.45) is 0 Å². The third kappa shape index (κ3) is 5.09. The predicted octanol–water partition coefficient (Wildman–Crippen LogP) is 3.13. The number of piperidine rings is 1. The molecule has 12 heteroatoms. The van der Waals surface area contributed by atoms with Crippen LogP contribution >= 0.6 is 11.6 Å². The van der Waals surface area contributed by atoms with Gasteiger partial charge < -0.3 is 4.90 Å². The number of aromatic nitrogens is 2. The lowest BCUT2D eigenvalue weighted by molar-refractivity contribution is -0.143. The highest BCUT2D eigenvalue weighted by molar-refractivity contribution is 7.86. The van der Waals surface area contributed by atoms with Gasteiger partial charge in [-0.3, -0.25) is 8.98 Å². The summed E-state index contributed by atoms with van der Waals surface area (Å²) in [5.74, 6) is -0.824. The summed E-state index contributed by atoms with van der Waals surface area (Å²) in [6.45, 7) is 0.144. The molecule has 0 saturated carbocycles. The Kier molecular flexibility index (Phi) is 5.93. The van der Waals surface area contributed by atoms with Crippen molar-refractivity contribution in [1.82, 2.24) is 14.7 Å². The van der Waals surface area contributed by atoms with E-state index in [4.69, 9.17) is 15.8 Å². The average Bonchev–Trinajstić information content (AvgIpc) is 3.06. The first-order valence-corrected chi connectivity index (χ1v) is 10.7. The molecule has 0 bridgehead atoms. The highest BCUT2D eigenvalue weighted by Gasteiger charge is 2.42. The van der Waals surface area contributed by atoms with Gasteiger partial charge in [0.2, 0.25) is 0 Å². The van der Waals surface area contributed by atoms with Crippen LogP contribution in [-0.4, -0.2) is 54.5 Å². The summed E-state index contributed by atoms with van der Waals surface area (Å²) < 4.78 is 69.2. The molecule has 1 aromatic heterocycles. The van der Waals surface area contributed by atoms with Crippen molar-refractivity contribution in [2.75, 3.05) is 19.3 Å². The minimum atomic E-state index is -4.82. The number of hydrogen-bond donors (Lipinski definition) is 0. The highest BCUT2D eigenvalue weighted by atomic mass is 35.5. The highest BCUT2D eigenvalue weighted by Crippen LogP contribution is 2.34. The number of hydrogen-bond acceptors (Lipinski definition) is 5. The summed E-state index contributed by atoms with van der Waals surface area (Å²) >= 11 is 5.78. The quantitative estimate of drug-likeness (QED) is 0.667. The van der Waals surface area contributed by atoms with Crippen molar-refractivity contribution in [3.63, 3.8) is 0 Å². The monoisotopic (exact) mass is 451 g/mol. The largest absolute Gasteiger partial charge is 0.434 e. The predicted molar refractivity (Wildman–Crippen MR) is 98.4 cm³/mol. The molecule has 1 aliphatic heterocycles. The molecular weight excluding hydrogens is 435 g/mol. The van der Waals surface area contributed by atoms with Gasteiger partial charge in [-0.15, -0.1) is 0 Å². The van der Waals surface area contributed by atoms with Crippen molar-refractivity contribution >= 4 is 27.6 Å². The number of carbonyl (C=O) groups excluding carboxylic acids is 1. The Labute approximate surface area is 170 Å². The van der Waals surface area contributed by atoms with Gasteiger partial charge in [0.05, 0.1) is 29.8 Å². The maximum Gasteiger partial charge on any atom is 0.434 e. The van der Waals surface area contributed by atoms with E-state index < -0.39 is 39.6 Å².